The normalized spacial score (nSPS) is 27.2. The zero-order valence-electron chi connectivity index (χ0n) is 8.14. The molecule has 2 fully saturated rings. The molecule has 1 atom stereocenters. The summed E-state index contributed by atoms with van der Waals surface area (Å²) in [6.07, 6.45) is 2.18. The van der Waals surface area contributed by atoms with Gasteiger partial charge in [0.15, 0.2) is 0 Å². The van der Waals surface area contributed by atoms with E-state index in [4.69, 9.17) is 5.11 Å². The number of likely N-dealkylation sites (N-methyl/N-ethyl adjacent to an activating group) is 1. The van der Waals surface area contributed by atoms with Crippen LogP contribution in [0.3, 0.4) is 0 Å². The van der Waals surface area contributed by atoms with Gasteiger partial charge in [0.2, 0.25) is 0 Å². The summed E-state index contributed by atoms with van der Waals surface area (Å²) in [6, 6.07) is 0.211. The van der Waals surface area contributed by atoms with Gasteiger partial charge in [-0.15, -0.1) is 0 Å². The summed E-state index contributed by atoms with van der Waals surface area (Å²) in [5.74, 6) is -0.840. The first kappa shape index (κ1) is 9.30. The molecule has 2 amide bonds. The molecule has 1 aliphatic heterocycles. The molecule has 14 heavy (non-hydrogen) atoms. The molecule has 0 aromatic heterocycles. The second kappa shape index (κ2) is 3.15. The van der Waals surface area contributed by atoms with Gasteiger partial charge in [0.25, 0.3) is 0 Å². The number of rotatable bonds is 3. The molecule has 1 saturated carbocycles. The summed E-state index contributed by atoms with van der Waals surface area (Å²) in [5.41, 5.74) is 0. The van der Waals surface area contributed by atoms with E-state index in [-0.39, 0.29) is 18.5 Å². The van der Waals surface area contributed by atoms with E-state index in [0.717, 1.165) is 12.8 Å². The number of carboxylic acids is 1. The lowest BCUT2D eigenvalue weighted by Crippen LogP contribution is -2.32. The lowest BCUT2D eigenvalue weighted by atomic mass is 10.2. The highest BCUT2D eigenvalue weighted by Gasteiger charge is 2.42. The monoisotopic (exact) mass is 198 g/mol. The smallest absolute Gasteiger partial charge is 0.320 e. The van der Waals surface area contributed by atoms with Gasteiger partial charge >= 0.3 is 12.0 Å². The molecule has 78 valence electrons. The fourth-order valence-corrected chi connectivity index (χ4v) is 1.88. The third-order valence-electron chi connectivity index (χ3n) is 2.90. The number of hydrogen-bond acceptors (Lipinski definition) is 2. The minimum atomic E-state index is -0.840. The van der Waals surface area contributed by atoms with Crippen LogP contribution in [0.4, 0.5) is 4.79 Å². The van der Waals surface area contributed by atoms with Crippen molar-refractivity contribution in [2.24, 2.45) is 0 Å². The highest BCUT2D eigenvalue weighted by atomic mass is 16.4. The average molecular weight is 198 g/mol. The summed E-state index contributed by atoms with van der Waals surface area (Å²) in [5, 5.41) is 8.66. The number of carbonyl (C=O) groups excluding carboxylic acids is 1. The molecule has 0 spiro atoms. The molecule has 0 aromatic carbocycles. The Morgan fingerprint density at radius 1 is 1.57 bits per heavy atom. The maximum Gasteiger partial charge on any atom is 0.320 e. The molecule has 0 bridgehead atoms. The van der Waals surface area contributed by atoms with Crippen molar-refractivity contribution in [1.82, 2.24) is 9.80 Å². The molecule has 1 unspecified atom stereocenters. The largest absolute Gasteiger partial charge is 0.481 e. The highest BCUT2D eigenvalue weighted by molar-refractivity contribution is 5.79. The number of carbonyl (C=O) groups is 2. The van der Waals surface area contributed by atoms with E-state index >= 15 is 0 Å². The SMILES string of the molecule is CN1C(=O)N(C2CC2)CC1CC(=O)O. The van der Waals surface area contributed by atoms with Crippen molar-refractivity contribution in [1.29, 1.82) is 0 Å². The Morgan fingerprint density at radius 2 is 2.21 bits per heavy atom. The molecule has 0 radical (unpaired) electrons. The van der Waals surface area contributed by atoms with Crippen molar-refractivity contribution in [2.75, 3.05) is 13.6 Å². The molecule has 2 aliphatic rings. The Hall–Kier alpha value is -1.26. The summed E-state index contributed by atoms with van der Waals surface area (Å²) >= 11 is 0. The van der Waals surface area contributed by atoms with Gasteiger partial charge in [-0.2, -0.15) is 0 Å². The Bertz CT molecular complexity index is 275. The Morgan fingerprint density at radius 3 is 2.71 bits per heavy atom. The molecule has 1 N–H and O–H groups in total. The first-order chi connectivity index (χ1) is 6.59. The molecule has 0 aromatic rings. The first-order valence-corrected chi connectivity index (χ1v) is 4.85. The van der Waals surface area contributed by atoms with Gasteiger partial charge in [0.1, 0.15) is 0 Å². The summed E-state index contributed by atoms with van der Waals surface area (Å²) < 4.78 is 0. The first-order valence-electron chi connectivity index (χ1n) is 4.85. The number of urea groups is 1. The van der Waals surface area contributed by atoms with Crippen LogP contribution in [0.5, 0.6) is 0 Å². The van der Waals surface area contributed by atoms with Gasteiger partial charge < -0.3 is 14.9 Å². The van der Waals surface area contributed by atoms with Crippen molar-refractivity contribution in [3.8, 4) is 0 Å². The third kappa shape index (κ3) is 1.54. The van der Waals surface area contributed by atoms with Gasteiger partial charge in [-0.3, -0.25) is 4.79 Å². The molecule has 2 rings (SSSR count). The molecule has 1 saturated heterocycles. The Labute approximate surface area is 82.3 Å². The van der Waals surface area contributed by atoms with Gasteiger partial charge in [-0.1, -0.05) is 0 Å². The maximum absolute atomic E-state index is 11.6. The number of aliphatic carboxylic acids is 1. The molecule has 5 heteroatoms. The lowest BCUT2D eigenvalue weighted by Gasteiger charge is -2.15. The molecular formula is C9H14N2O3. The van der Waals surface area contributed by atoms with E-state index in [9.17, 15) is 9.59 Å². The number of carboxylic acid groups (broad SMARTS) is 1. The van der Waals surface area contributed by atoms with Crippen molar-refractivity contribution in [3.63, 3.8) is 0 Å². The van der Waals surface area contributed by atoms with Crippen molar-refractivity contribution in [3.05, 3.63) is 0 Å². The predicted octanol–water partition coefficient (Wildman–Crippen LogP) is 0.359. The van der Waals surface area contributed by atoms with Crippen molar-refractivity contribution < 1.29 is 14.7 Å². The summed E-state index contributed by atoms with van der Waals surface area (Å²) in [4.78, 5) is 25.5. The Kier molecular flexibility index (Phi) is 2.09. The van der Waals surface area contributed by atoms with Crippen molar-refractivity contribution in [2.45, 2.75) is 31.3 Å². The van der Waals surface area contributed by atoms with Crippen LogP contribution in [0.25, 0.3) is 0 Å². The van der Waals surface area contributed by atoms with Crippen LogP contribution in [0, 0.1) is 0 Å². The van der Waals surface area contributed by atoms with Gasteiger partial charge in [0.05, 0.1) is 12.5 Å². The minimum absolute atomic E-state index is 0.0150. The van der Waals surface area contributed by atoms with Crippen LogP contribution in [0.15, 0.2) is 0 Å². The van der Waals surface area contributed by atoms with Crippen LogP contribution in [0.1, 0.15) is 19.3 Å². The fourth-order valence-electron chi connectivity index (χ4n) is 1.88. The lowest BCUT2D eigenvalue weighted by molar-refractivity contribution is -0.137. The van der Waals surface area contributed by atoms with Crippen LogP contribution in [0.2, 0.25) is 0 Å². The van der Waals surface area contributed by atoms with Crippen LogP contribution >= 0.6 is 0 Å². The van der Waals surface area contributed by atoms with E-state index in [0.29, 0.717) is 12.6 Å². The van der Waals surface area contributed by atoms with E-state index in [1.807, 2.05) is 0 Å². The Balaban J connectivity index is 2.00. The van der Waals surface area contributed by atoms with Gasteiger partial charge in [-0.05, 0) is 12.8 Å². The van der Waals surface area contributed by atoms with E-state index in [1.54, 1.807) is 16.8 Å². The molecule has 1 heterocycles. The number of nitrogens with zero attached hydrogens (tertiary/aromatic N) is 2. The summed E-state index contributed by atoms with van der Waals surface area (Å²) in [6.45, 7) is 0.576. The van der Waals surface area contributed by atoms with E-state index in [2.05, 4.69) is 0 Å². The predicted molar refractivity (Wildman–Crippen MR) is 48.9 cm³/mol. The zero-order valence-corrected chi connectivity index (χ0v) is 8.14. The summed E-state index contributed by atoms with van der Waals surface area (Å²) in [7, 11) is 1.68. The maximum atomic E-state index is 11.6. The molecule has 5 nitrogen and oxygen atoms in total. The van der Waals surface area contributed by atoms with E-state index in [1.165, 1.54) is 0 Å². The van der Waals surface area contributed by atoms with Crippen LogP contribution < -0.4 is 0 Å². The average Bonchev–Trinajstić information content (AvgIpc) is 2.88. The quantitative estimate of drug-likeness (QED) is 0.712. The zero-order chi connectivity index (χ0) is 10.3. The fraction of sp³-hybridized carbons (Fsp3) is 0.778. The minimum Gasteiger partial charge on any atom is -0.481 e. The second-order valence-electron chi connectivity index (χ2n) is 4.03. The van der Waals surface area contributed by atoms with Crippen LogP contribution in [-0.2, 0) is 4.79 Å². The molecular weight excluding hydrogens is 184 g/mol. The highest BCUT2D eigenvalue weighted by Crippen LogP contribution is 2.31. The van der Waals surface area contributed by atoms with Gasteiger partial charge in [0, 0.05) is 19.6 Å². The third-order valence-corrected chi connectivity index (χ3v) is 2.90. The number of amides is 2. The molecule has 1 aliphatic carbocycles. The second-order valence-corrected chi connectivity index (χ2v) is 4.03. The van der Waals surface area contributed by atoms with E-state index < -0.39 is 5.97 Å². The van der Waals surface area contributed by atoms with Crippen molar-refractivity contribution >= 4 is 12.0 Å². The van der Waals surface area contributed by atoms with Gasteiger partial charge in [-0.25, -0.2) is 4.79 Å². The number of hydrogen-bond donors (Lipinski definition) is 1. The topological polar surface area (TPSA) is 60.9 Å². The van der Waals surface area contributed by atoms with Crippen LogP contribution in [-0.4, -0.2) is 52.6 Å². The standard InChI is InChI=1S/C9H14N2O3/c1-10-7(4-8(12)13)5-11(9(10)14)6-2-3-6/h6-7H,2-5H2,1H3,(H,12,13).